The van der Waals surface area contributed by atoms with E-state index in [0.29, 0.717) is 11.6 Å². The molecule has 1 atom stereocenters. The molecule has 6 nitrogen and oxygen atoms in total. The van der Waals surface area contributed by atoms with Crippen molar-refractivity contribution in [3.05, 3.63) is 51.3 Å². The maximum absolute atomic E-state index is 12.7. The lowest BCUT2D eigenvalue weighted by atomic mass is 9.95. The topological polar surface area (TPSA) is 87.5 Å². The molecule has 7 heteroatoms. The number of aromatic nitrogens is 2. The van der Waals surface area contributed by atoms with Gasteiger partial charge in [-0.15, -0.1) is 0 Å². The Labute approximate surface area is 155 Å². The first-order chi connectivity index (χ1) is 12.5. The average molecular weight is 371 g/mol. The van der Waals surface area contributed by atoms with Crippen LogP contribution in [0.2, 0.25) is 0 Å². The van der Waals surface area contributed by atoms with Crippen molar-refractivity contribution in [3.8, 4) is 0 Å². The zero-order valence-corrected chi connectivity index (χ0v) is 15.4. The van der Waals surface area contributed by atoms with Crippen LogP contribution in [0.5, 0.6) is 0 Å². The standard InChI is InChI=1S/C19H21N3O3S/c1-11-20-17-15(18(23)21-22(17)14-5-3-2-4-6-14)16(26-11)12-7-9-13(10-8-12)19(24)25/h7-10,14,16H,2-6H2,1H3,(H,21,23)(H,24,25). The quantitative estimate of drug-likeness (QED) is 0.843. The zero-order chi connectivity index (χ0) is 18.3. The molecule has 2 aliphatic rings. The summed E-state index contributed by atoms with van der Waals surface area (Å²) in [6.07, 6.45) is 5.74. The van der Waals surface area contributed by atoms with Gasteiger partial charge in [0.15, 0.2) is 5.82 Å². The number of carbonyl (C=O) groups is 1. The number of hydrogen-bond acceptors (Lipinski definition) is 4. The van der Waals surface area contributed by atoms with Crippen LogP contribution in [0.1, 0.15) is 71.8 Å². The highest BCUT2D eigenvalue weighted by atomic mass is 32.2. The van der Waals surface area contributed by atoms with E-state index in [9.17, 15) is 9.59 Å². The molecular formula is C19H21N3O3S. The van der Waals surface area contributed by atoms with Crippen molar-refractivity contribution in [1.82, 2.24) is 9.78 Å². The number of nitrogens with one attached hydrogen (secondary N) is 1. The lowest BCUT2D eigenvalue weighted by molar-refractivity contribution is 0.0697. The maximum Gasteiger partial charge on any atom is 0.335 e. The number of aliphatic imine (C=N–C) groups is 1. The van der Waals surface area contributed by atoms with E-state index in [0.717, 1.165) is 29.3 Å². The normalized spacial score (nSPS) is 20.5. The summed E-state index contributed by atoms with van der Waals surface area (Å²) in [4.78, 5) is 28.5. The molecule has 0 bridgehead atoms. The molecule has 0 amide bonds. The molecule has 2 aromatic rings. The minimum absolute atomic E-state index is 0.0957. The Morgan fingerprint density at radius 2 is 1.92 bits per heavy atom. The second-order valence-electron chi connectivity index (χ2n) is 6.90. The summed E-state index contributed by atoms with van der Waals surface area (Å²) in [5.74, 6) is -0.210. The van der Waals surface area contributed by atoms with Gasteiger partial charge in [0.1, 0.15) is 0 Å². The Kier molecular flexibility index (Phi) is 4.48. The summed E-state index contributed by atoms with van der Waals surface area (Å²) in [6.45, 7) is 1.95. The lowest BCUT2D eigenvalue weighted by Crippen LogP contribution is -2.16. The minimum atomic E-state index is -0.951. The highest BCUT2D eigenvalue weighted by Gasteiger charge is 2.32. The van der Waals surface area contributed by atoms with Crippen LogP contribution in [0.4, 0.5) is 5.82 Å². The van der Waals surface area contributed by atoms with E-state index in [1.165, 1.54) is 31.0 Å². The summed E-state index contributed by atoms with van der Waals surface area (Å²) < 4.78 is 1.97. The van der Waals surface area contributed by atoms with Crippen molar-refractivity contribution in [1.29, 1.82) is 0 Å². The van der Waals surface area contributed by atoms with E-state index >= 15 is 0 Å². The van der Waals surface area contributed by atoms with Crippen LogP contribution in [-0.4, -0.2) is 25.9 Å². The molecule has 0 radical (unpaired) electrons. The van der Waals surface area contributed by atoms with Crippen molar-refractivity contribution in [2.24, 2.45) is 4.99 Å². The first-order valence-corrected chi connectivity index (χ1v) is 9.82. The first kappa shape index (κ1) is 17.1. The number of hydrogen-bond donors (Lipinski definition) is 2. The van der Waals surface area contributed by atoms with Gasteiger partial charge >= 0.3 is 5.97 Å². The maximum atomic E-state index is 12.7. The lowest BCUT2D eigenvalue weighted by Gasteiger charge is -2.26. The van der Waals surface area contributed by atoms with Crippen LogP contribution in [-0.2, 0) is 0 Å². The first-order valence-electron chi connectivity index (χ1n) is 8.94. The second-order valence-corrected chi connectivity index (χ2v) is 8.19. The van der Waals surface area contributed by atoms with Crippen molar-refractivity contribution in [2.75, 3.05) is 0 Å². The van der Waals surface area contributed by atoms with Crippen LogP contribution < -0.4 is 5.56 Å². The van der Waals surface area contributed by atoms with E-state index in [-0.39, 0.29) is 16.4 Å². The largest absolute Gasteiger partial charge is 0.478 e. The number of aromatic carboxylic acids is 1. The Hall–Kier alpha value is -2.28. The van der Waals surface area contributed by atoms with E-state index < -0.39 is 5.97 Å². The SMILES string of the molecule is CC1=Nc2c(c(=O)[nH]n2C2CCCCC2)C(c2ccc(C(=O)O)cc2)S1. The van der Waals surface area contributed by atoms with Crippen LogP contribution in [0, 0.1) is 0 Å². The highest BCUT2D eigenvalue weighted by molar-refractivity contribution is 8.14. The van der Waals surface area contributed by atoms with E-state index in [2.05, 4.69) is 10.1 Å². The van der Waals surface area contributed by atoms with Gasteiger partial charge in [-0.2, -0.15) is 0 Å². The molecule has 0 spiro atoms. The number of rotatable bonds is 3. The molecule has 4 rings (SSSR count). The summed E-state index contributed by atoms with van der Waals surface area (Å²) in [5.41, 5.74) is 1.74. The molecule has 1 unspecified atom stereocenters. The van der Waals surface area contributed by atoms with Gasteiger partial charge in [-0.1, -0.05) is 43.2 Å². The van der Waals surface area contributed by atoms with Crippen LogP contribution >= 0.6 is 11.8 Å². The number of aromatic amines is 1. The Balaban J connectivity index is 1.77. The summed E-state index contributed by atoms with van der Waals surface area (Å²) >= 11 is 1.54. The number of fused-ring (bicyclic) bond motifs is 1. The van der Waals surface area contributed by atoms with Crippen molar-refractivity contribution in [3.63, 3.8) is 0 Å². The Morgan fingerprint density at radius 1 is 1.23 bits per heavy atom. The fourth-order valence-corrected chi connectivity index (χ4v) is 4.95. The molecule has 26 heavy (non-hydrogen) atoms. The third-order valence-electron chi connectivity index (χ3n) is 5.15. The molecule has 2 heterocycles. The number of thioether (sulfide) groups is 1. The molecule has 0 saturated heterocycles. The van der Waals surface area contributed by atoms with E-state index in [1.807, 2.05) is 11.6 Å². The average Bonchev–Trinajstić information content (AvgIpc) is 2.98. The number of carboxylic acid groups (broad SMARTS) is 1. The van der Waals surface area contributed by atoms with Gasteiger partial charge in [-0.05, 0) is 37.5 Å². The Morgan fingerprint density at radius 3 is 2.58 bits per heavy atom. The predicted molar refractivity (Wildman–Crippen MR) is 103 cm³/mol. The summed E-state index contributed by atoms with van der Waals surface area (Å²) in [7, 11) is 0. The van der Waals surface area contributed by atoms with Gasteiger partial charge in [-0.3, -0.25) is 14.6 Å². The molecule has 1 fully saturated rings. The third-order valence-corrected chi connectivity index (χ3v) is 6.33. The van der Waals surface area contributed by atoms with E-state index in [4.69, 9.17) is 5.11 Å². The molecule has 1 aromatic heterocycles. The van der Waals surface area contributed by atoms with Crippen molar-refractivity contribution >= 4 is 28.6 Å². The van der Waals surface area contributed by atoms with E-state index in [1.54, 1.807) is 24.3 Å². The third kappa shape index (κ3) is 3.00. The number of benzene rings is 1. The van der Waals surface area contributed by atoms with Crippen molar-refractivity contribution < 1.29 is 9.90 Å². The molecule has 1 aliphatic carbocycles. The molecule has 1 saturated carbocycles. The van der Waals surface area contributed by atoms with Crippen LogP contribution in [0.15, 0.2) is 34.1 Å². The van der Waals surface area contributed by atoms with Gasteiger partial charge in [0.2, 0.25) is 0 Å². The molecular weight excluding hydrogens is 350 g/mol. The van der Waals surface area contributed by atoms with Crippen LogP contribution in [0.3, 0.4) is 0 Å². The Bertz CT molecular complexity index is 920. The molecule has 1 aliphatic heterocycles. The number of carboxylic acids is 1. The molecule has 1 aromatic carbocycles. The fourth-order valence-electron chi connectivity index (χ4n) is 3.85. The molecule has 2 N–H and O–H groups in total. The van der Waals surface area contributed by atoms with Gasteiger partial charge in [0.05, 0.1) is 27.5 Å². The second kappa shape index (κ2) is 6.79. The fraction of sp³-hybridized carbons (Fsp3) is 0.421. The minimum Gasteiger partial charge on any atom is -0.478 e. The monoisotopic (exact) mass is 371 g/mol. The van der Waals surface area contributed by atoms with Gasteiger partial charge < -0.3 is 5.11 Å². The van der Waals surface area contributed by atoms with Gasteiger partial charge in [-0.25, -0.2) is 9.79 Å². The van der Waals surface area contributed by atoms with Crippen molar-refractivity contribution in [2.45, 2.75) is 50.3 Å². The summed E-state index contributed by atoms with van der Waals surface area (Å²) in [5, 5.41) is 12.9. The van der Waals surface area contributed by atoms with Gasteiger partial charge in [0, 0.05) is 0 Å². The molecule has 136 valence electrons. The van der Waals surface area contributed by atoms with Crippen LogP contribution in [0.25, 0.3) is 0 Å². The smallest absolute Gasteiger partial charge is 0.335 e. The number of H-pyrrole nitrogens is 1. The predicted octanol–water partition coefficient (Wildman–Crippen LogP) is 4.27. The number of nitrogens with zero attached hydrogens (tertiary/aromatic N) is 2. The summed E-state index contributed by atoms with van der Waals surface area (Å²) in [6, 6.07) is 7.06. The van der Waals surface area contributed by atoms with Gasteiger partial charge in [0.25, 0.3) is 5.56 Å². The highest BCUT2D eigenvalue weighted by Crippen LogP contribution is 2.45. The zero-order valence-electron chi connectivity index (χ0n) is 14.6.